The van der Waals surface area contributed by atoms with E-state index in [0.29, 0.717) is 0 Å². The van der Waals surface area contributed by atoms with Gasteiger partial charge in [0.25, 0.3) is 0 Å². The van der Waals surface area contributed by atoms with Crippen LogP contribution in [-0.4, -0.2) is 30.4 Å². The third kappa shape index (κ3) is 6.39. The van der Waals surface area contributed by atoms with Crippen molar-refractivity contribution < 1.29 is 4.12 Å². The predicted octanol–water partition coefficient (Wildman–Crippen LogP) is 0.869. The van der Waals surface area contributed by atoms with Crippen LogP contribution in [0.2, 0.25) is 31.7 Å². The van der Waals surface area contributed by atoms with Gasteiger partial charge in [0.15, 0.2) is 17.4 Å². The summed E-state index contributed by atoms with van der Waals surface area (Å²) in [6.07, 6.45) is 1.09. The molecule has 0 amide bonds. The first kappa shape index (κ1) is 13.3. The molecule has 0 aliphatic rings. The highest BCUT2D eigenvalue weighted by Gasteiger charge is 2.28. The molecule has 0 rings (SSSR count). The Labute approximate surface area is 84.7 Å². The van der Waals surface area contributed by atoms with Gasteiger partial charge in [-0.25, -0.2) is 0 Å². The molecule has 80 valence electrons. The summed E-state index contributed by atoms with van der Waals surface area (Å²) >= 11 is 0. The quantitative estimate of drug-likeness (QED) is 0.626. The van der Waals surface area contributed by atoms with Crippen molar-refractivity contribution in [1.82, 2.24) is 0 Å². The molecule has 13 heavy (non-hydrogen) atoms. The van der Waals surface area contributed by atoms with E-state index >= 15 is 0 Å². The van der Waals surface area contributed by atoms with Gasteiger partial charge in [0.1, 0.15) is 0 Å². The Bertz CT molecular complexity index is 135. The molecular weight excluding hydrogens is 196 g/mol. The van der Waals surface area contributed by atoms with Crippen LogP contribution in [-0.2, 0) is 4.12 Å². The molecule has 0 radical (unpaired) electrons. The molecule has 5 heteroatoms. The summed E-state index contributed by atoms with van der Waals surface area (Å²) in [5, 5.41) is 0. The van der Waals surface area contributed by atoms with Crippen molar-refractivity contribution in [2.75, 3.05) is 13.1 Å². The minimum Gasteiger partial charge on any atom is -0.458 e. The second-order valence-electron chi connectivity index (χ2n) is 4.05. The van der Waals surface area contributed by atoms with Gasteiger partial charge in [0, 0.05) is 0 Å². The first-order chi connectivity index (χ1) is 6.04. The fourth-order valence-corrected chi connectivity index (χ4v) is 8.90. The van der Waals surface area contributed by atoms with Gasteiger partial charge in [-0.3, -0.25) is 0 Å². The van der Waals surface area contributed by atoms with Gasteiger partial charge in [-0.15, -0.1) is 0 Å². The SMILES string of the molecule is C[SiH](C)O[Si](C)(CCN)CCCN. The van der Waals surface area contributed by atoms with Crippen molar-refractivity contribution in [2.45, 2.75) is 38.2 Å². The lowest BCUT2D eigenvalue weighted by Crippen LogP contribution is -2.40. The maximum atomic E-state index is 6.12. The van der Waals surface area contributed by atoms with E-state index in [1.165, 1.54) is 6.04 Å². The smallest absolute Gasteiger partial charge is 0.177 e. The van der Waals surface area contributed by atoms with Crippen LogP contribution in [0.5, 0.6) is 0 Å². The second-order valence-corrected chi connectivity index (χ2v) is 11.0. The Morgan fingerprint density at radius 2 is 1.77 bits per heavy atom. The molecule has 0 aliphatic heterocycles. The van der Waals surface area contributed by atoms with Crippen LogP contribution < -0.4 is 11.5 Å². The highest BCUT2D eigenvalue weighted by molar-refractivity contribution is 6.78. The Morgan fingerprint density at radius 1 is 1.15 bits per heavy atom. The van der Waals surface area contributed by atoms with Crippen LogP contribution in [0.25, 0.3) is 0 Å². The summed E-state index contributed by atoms with van der Waals surface area (Å²) in [4.78, 5) is 0. The molecule has 1 atom stereocenters. The molecule has 1 unspecified atom stereocenters. The van der Waals surface area contributed by atoms with E-state index in [1.54, 1.807) is 0 Å². The van der Waals surface area contributed by atoms with Gasteiger partial charge in [-0.1, -0.05) is 0 Å². The van der Waals surface area contributed by atoms with Crippen molar-refractivity contribution in [2.24, 2.45) is 11.5 Å². The lowest BCUT2D eigenvalue weighted by Gasteiger charge is -2.29. The monoisotopic (exact) mass is 220 g/mol. The van der Waals surface area contributed by atoms with Gasteiger partial charge in [0.2, 0.25) is 0 Å². The Balaban J connectivity index is 3.99. The minimum atomic E-state index is -1.48. The maximum absolute atomic E-state index is 6.12. The summed E-state index contributed by atoms with van der Waals surface area (Å²) < 4.78 is 6.12. The number of hydrogen-bond donors (Lipinski definition) is 2. The highest BCUT2D eigenvalue weighted by Crippen LogP contribution is 2.19. The number of rotatable bonds is 7. The summed E-state index contributed by atoms with van der Waals surface area (Å²) in [7, 11) is -2.38. The van der Waals surface area contributed by atoms with Crippen LogP contribution in [0.3, 0.4) is 0 Å². The summed E-state index contributed by atoms with van der Waals surface area (Å²) in [6, 6.07) is 2.25. The molecule has 0 spiro atoms. The molecule has 0 aromatic heterocycles. The van der Waals surface area contributed by atoms with E-state index in [1.807, 2.05) is 0 Å². The molecule has 0 heterocycles. The normalized spacial score (nSPS) is 16.2. The molecule has 0 bridgehead atoms. The zero-order chi connectivity index (χ0) is 10.3. The van der Waals surface area contributed by atoms with Crippen molar-refractivity contribution in [3.63, 3.8) is 0 Å². The largest absolute Gasteiger partial charge is 0.458 e. The van der Waals surface area contributed by atoms with E-state index in [4.69, 9.17) is 15.6 Å². The molecule has 0 fully saturated rings. The van der Waals surface area contributed by atoms with E-state index < -0.39 is 17.4 Å². The van der Waals surface area contributed by atoms with E-state index in [-0.39, 0.29) is 0 Å². The predicted molar refractivity (Wildman–Crippen MR) is 63.9 cm³/mol. The van der Waals surface area contributed by atoms with Gasteiger partial charge >= 0.3 is 0 Å². The lowest BCUT2D eigenvalue weighted by atomic mass is 10.5. The summed E-state index contributed by atoms with van der Waals surface area (Å²) in [6.45, 7) is 8.28. The second kappa shape index (κ2) is 6.72. The van der Waals surface area contributed by atoms with Crippen molar-refractivity contribution in [3.8, 4) is 0 Å². The number of nitrogens with two attached hydrogens (primary N) is 2. The molecular formula is C8H24N2OSi2. The van der Waals surface area contributed by atoms with Gasteiger partial charge < -0.3 is 15.6 Å². The maximum Gasteiger partial charge on any atom is 0.177 e. The molecule has 0 aliphatic carbocycles. The average Bonchev–Trinajstić information content (AvgIpc) is 2.00. The Kier molecular flexibility index (Phi) is 6.88. The highest BCUT2D eigenvalue weighted by atomic mass is 28.4. The zero-order valence-electron chi connectivity index (χ0n) is 9.18. The fourth-order valence-electron chi connectivity index (χ4n) is 1.59. The lowest BCUT2D eigenvalue weighted by molar-refractivity contribution is 0.554. The first-order valence-electron chi connectivity index (χ1n) is 5.12. The van der Waals surface area contributed by atoms with Crippen molar-refractivity contribution in [3.05, 3.63) is 0 Å². The third-order valence-electron chi connectivity index (χ3n) is 2.10. The standard InChI is InChI=1S/C8H24N2OSi2/c1-12(2)11-13(3,8-6-10)7-4-5-9/h12H,4-10H2,1-3H3. The van der Waals surface area contributed by atoms with Crippen LogP contribution in [0.15, 0.2) is 0 Å². The molecule has 0 saturated heterocycles. The third-order valence-corrected chi connectivity index (χ3v) is 9.02. The summed E-state index contributed by atoms with van der Waals surface area (Å²) in [5.74, 6) is 0. The van der Waals surface area contributed by atoms with Gasteiger partial charge in [0.05, 0.1) is 0 Å². The van der Waals surface area contributed by atoms with E-state index in [9.17, 15) is 0 Å². The fraction of sp³-hybridized carbons (Fsp3) is 1.00. The van der Waals surface area contributed by atoms with Crippen molar-refractivity contribution in [1.29, 1.82) is 0 Å². The summed E-state index contributed by atoms with van der Waals surface area (Å²) in [5.41, 5.74) is 11.1. The molecule has 3 nitrogen and oxygen atoms in total. The number of hydrogen-bond acceptors (Lipinski definition) is 3. The van der Waals surface area contributed by atoms with E-state index in [2.05, 4.69) is 19.6 Å². The van der Waals surface area contributed by atoms with Crippen LogP contribution in [0, 0.1) is 0 Å². The van der Waals surface area contributed by atoms with Crippen LogP contribution in [0.1, 0.15) is 6.42 Å². The van der Waals surface area contributed by atoms with Crippen LogP contribution >= 0.6 is 0 Å². The molecule has 0 aromatic carbocycles. The molecule has 0 saturated carbocycles. The Morgan fingerprint density at radius 3 is 2.15 bits per heavy atom. The van der Waals surface area contributed by atoms with Crippen molar-refractivity contribution >= 4 is 17.4 Å². The minimum absolute atomic E-state index is 0.758. The molecule has 4 N–H and O–H groups in total. The van der Waals surface area contributed by atoms with E-state index in [0.717, 1.165) is 25.6 Å². The average molecular weight is 220 g/mol. The Hall–Kier alpha value is 0.314. The zero-order valence-corrected chi connectivity index (χ0v) is 11.3. The van der Waals surface area contributed by atoms with Crippen LogP contribution in [0.4, 0.5) is 0 Å². The van der Waals surface area contributed by atoms with Gasteiger partial charge in [-0.2, -0.15) is 0 Å². The van der Waals surface area contributed by atoms with Gasteiger partial charge in [-0.05, 0) is 51.2 Å². The first-order valence-corrected chi connectivity index (χ1v) is 10.7. The topological polar surface area (TPSA) is 61.3 Å². The molecule has 0 aromatic rings.